The van der Waals surface area contributed by atoms with Crippen molar-refractivity contribution < 1.29 is 27.5 Å². The largest absolute Gasteiger partial charge is 0.471 e. The fourth-order valence-corrected chi connectivity index (χ4v) is 2.00. The minimum absolute atomic E-state index is 0.0385. The van der Waals surface area contributed by atoms with Crippen LogP contribution in [-0.4, -0.2) is 30.7 Å². The number of carbonyl (C=O) groups excluding carboxylic acids is 2. The zero-order valence-corrected chi connectivity index (χ0v) is 11.6. The number of hydrogen-bond donors (Lipinski definition) is 2. The number of amides is 2. The first-order chi connectivity index (χ1) is 10.4. The van der Waals surface area contributed by atoms with Gasteiger partial charge in [-0.2, -0.15) is 13.2 Å². The molecule has 1 aromatic rings. The third-order valence-corrected chi connectivity index (χ3v) is 3.16. The lowest BCUT2D eigenvalue weighted by molar-refractivity contribution is -0.167. The van der Waals surface area contributed by atoms with Crippen LogP contribution in [0.25, 0.3) is 0 Å². The fourth-order valence-electron chi connectivity index (χ4n) is 2.00. The molecule has 1 atom stereocenters. The Labute approximate surface area is 124 Å². The molecule has 0 spiro atoms. The predicted octanol–water partition coefficient (Wildman–Crippen LogP) is 1.98. The zero-order valence-electron chi connectivity index (χ0n) is 11.6. The summed E-state index contributed by atoms with van der Waals surface area (Å²) in [6.07, 6.45) is -3.81. The number of halogens is 3. The summed E-state index contributed by atoms with van der Waals surface area (Å²) in [5.41, 5.74) is 0.743. The summed E-state index contributed by atoms with van der Waals surface area (Å²) in [7, 11) is 0. The summed E-state index contributed by atoms with van der Waals surface area (Å²) in [5.74, 6) is -2.22. The first-order valence-corrected chi connectivity index (χ1v) is 6.72. The topological polar surface area (TPSA) is 67.4 Å². The SMILES string of the molecule is O=C(NCc1ccc(NC(=O)C(F)(F)F)cc1)C1CCCO1. The Morgan fingerprint density at radius 3 is 2.45 bits per heavy atom. The van der Waals surface area contributed by atoms with E-state index in [0.29, 0.717) is 18.6 Å². The number of rotatable bonds is 4. The highest BCUT2D eigenvalue weighted by Crippen LogP contribution is 2.18. The summed E-state index contributed by atoms with van der Waals surface area (Å²) in [5, 5.41) is 4.44. The molecule has 1 heterocycles. The lowest BCUT2D eigenvalue weighted by Gasteiger charge is -2.11. The number of hydrogen-bond acceptors (Lipinski definition) is 3. The van der Waals surface area contributed by atoms with Crippen LogP contribution in [0.5, 0.6) is 0 Å². The molecule has 1 aliphatic rings. The van der Waals surface area contributed by atoms with Crippen LogP contribution in [0.3, 0.4) is 0 Å². The highest BCUT2D eigenvalue weighted by atomic mass is 19.4. The van der Waals surface area contributed by atoms with Gasteiger partial charge in [0.2, 0.25) is 5.91 Å². The average molecular weight is 316 g/mol. The van der Waals surface area contributed by atoms with E-state index in [4.69, 9.17) is 4.74 Å². The second-order valence-electron chi connectivity index (χ2n) is 4.87. The number of alkyl halides is 3. The lowest BCUT2D eigenvalue weighted by Crippen LogP contribution is -2.33. The normalized spacial score (nSPS) is 18.0. The smallest absolute Gasteiger partial charge is 0.368 e. The molecule has 2 rings (SSSR count). The molecule has 0 saturated carbocycles. The van der Waals surface area contributed by atoms with Gasteiger partial charge in [-0.3, -0.25) is 9.59 Å². The Hall–Kier alpha value is -2.09. The highest BCUT2D eigenvalue weighted by Gasteiger charge is 2.38. The number of nitrogens with one attached hydrogen (secondary N) is 2. The van der Waals surface area contributed by atoms with Gasteiger partial charge in [-0.1, -0.05) is 12.1 Å². The molecule has 0 aromatic heterocycles. The molecule has 1 fully saturated rings. The van der Waals surface area contributed by atoms with E-state index in [-0.39, 0.29) is 18.1 Å². The number of anilines is 1. The van der Waals surface area contributed by atoms with Crippen LogP contribution in [-0.2, 0) is 20.9 Å². The second kappa shape index (κ2) is 6.78. The molecule has 2 amide bonds. The average Bonchev–Trinajstić information content (AvgIpc) is 2.99. The van der Waals surface area contributed by atoms with Crippen molar-refractivity contribution in [2.24, 2.45) is 0 Å². The Kier molecular flexibility index (Phi) is 5.02. The van der Waals surface area contributed by atoms with Gasteiger partial charge in [-0.25, -0.2) is 0 Å². The van der Waals surface area contributed by atoms with E-state index < -0.39 is 18.2 Å². The Bertz CT molecular complexity index is 537. The molecule has 22 heavy (non-hydrogen) atoms. The summed E-state index contributed by atoms with van der Waals surface area (Å²) in [4.78, 5) is 22.5. The quantitative estimate of drug-likeness (QED) is 0.892. The molecule has 5 nitrogen and oxygen atoms in total. The van der Waals surface area contributed by atoms with E-state index in [9.17, 15) is 22.8 Å². The molecule has 1 saturated heterocycles. The third-order valence-electron chi connectivity index (χ3n) is 3.16. The predicted molar refractivity (Wildman–Crippen MR) is 71.9 cm³/mol. The first-order valence-electron chi connectivity index (χ1n) is 6.72. The summed E-state index contributed by atoms with van der Waals surface area (Å²) in [6.45, 7) is 0.817. The summed E-state index contributed by atoms with van der Waals surface area (Å²) < 4.78 is 41.5. The molecule has 1 unspecified atom stereocenters. The van der Waals surface area contributed by atoms with Crippen LogP contribution in [0.2, 0.25) is 0 Å². The van der Waals surface area contributed by atoms with Crippen molar-refractivity contribution in [3.05, 3.63) is 29.8 Å². The summed E-state index contributed by atoms with van der Waals surface area (Å²) >= 11 is 0. The van der Waals surface area contributed by atoms with Gasteiger partial charge in [0.25, 0.3) is 0 Å². The van der Waals surface area contributed by atoms with E-state index in [1.54, 1.807) is 5.32 Å². The van der Waals surface area contributed by atoms with Crippen LogP contribution in [0, 0.1) is 0 Å². The number of carbonyl (C=O) groups is 2. The standard InChI is InChI=1S/C14H15F3N2O3/c15-14(16,17)13(21)19-10-5-3-9(4-6-10)8-18-12(20)11-2-1-7-22-11/h3-6,11H,1-2,7-8H2,(H,18,20)(H,19,21). The second-order valence-corrected chi connectivity index (χ2v) is 4.87. The molecule has 0 bridgehead atoms. The van der Waals surface area contributed by atoms with Crippen molar-refractivity contribution in [1.82, 2.24) is 5.32 Å². The van der Waals surface area contributed by atoms with Crippen LogP contribution in [0.1, 0.15) is 18.4 Å². The molecule has 120 valence electrons. The molecule has 2 N–H and O–H groups in total. The van der Waals surface area contributed by atoms with Crippen molar-refractivity contribution in [3.8, 4) is 0 Å². The van der Waals surface area contributed by atoms with Crippen LogP contribution in [0.15, 0.2) is 24.3 Å². The number of ether oxygens (including phenoxy) is 1. The number of benzene rings is 1. The molecule has 8 heteroatoms. The van der Waals surface area contributed by atoms with E-state index in [0.717, 1.165) is 6.42 Å². The Balaban J connectivity index is 1.84. The van der Waals surface area contributed by atoms with Crippen LogP contribution < -0.4 is 10.6 Å². The van der Waals surface area contributed by atoms with Gasteiger partial charge in [0, 0.05) is 18.8 Å². The van der Waals surface area contributed by atoms with E-state index in [2.05, 4.69) is 5.32 Å². The van der Waals surface area contributed by atoms with Crippen molar-refractivity contribution >= 4 is 17.5 Å². The molecular formula is C14H15F3N2O3. The van der Waals surface area contributed by atoms with E-state index >= 15 is 0 Å². The monoisotopic (exact) mass is 316 g/mol. The maximum absolute atomic E-state index is 12.1. The zero-order chi connectivity index (χ0) is 16.2. The molecule has 1 aromatic carbocycles. The van der Waals surface area contributed by atoms with Gasteiger partial charge >= 0.3 is 12.1 Å². The maximum Gasteiger partial charge on any atom is 0.471 e. The molecule has 0 radical (unpaired) electrons. The van der Waals surface area contributed by atoms with Gasteiger partial charge in [0.1, 0.15) is 6.10 Å². The van der Waals surface area contributed by atoms with E-state index in [1.807, 2.05) is 0 Å². The van der Waals surface area contributed by atoms with Gasteiger partial charge < -0.3 is 15.4 Å². The van der Waals surface area contributed by atoms with E-state index in [1.165, 1.54) is 24.3 Å². The van der Waals surface area contributed by atoms with Crippen LogP contribution in [0.4, 0.5) is 18.9 Å². The van der Waals surface area contributed by atoms with Crippen LogP contribution >= 0.6 is 0 Å². The molecule has 0 aliphatic carbocycles. The lowest BCUT2D eigenvalue weighted by atomic mass is 10.2. The third kappa shape index (κ3) is 4.45. The highest BCUT2D eigenvalue weighted by molar-refractivity contribution is 5.94. The van der Waals surface area contributed by atoms with Crippen molar-refractivity contribution in [3.63, 3.8) is 0 Å². The first kappa shape index (κ1) is 16.3. The Morgan fingerprint density at radius 2 is 1.91 bits per heavy atom. The maximum atomic E-state index is 12.1. The molecule has 1 aliphatic heterocycles. The minimum atomic E-state index is -4.92. The van der Waals surface area contributed by atoms with Gasteiger partial charge in [0.15, 0.2) is 0 Å². The van der Waals surface area contributed by atoms with Gasteiger partial charge in [-0.15, -0.1) is 0 Å². The Morgan fingerprint density at radius 1 is 1.23 bits per heavy atom. The van der Waals surface area contributed by atoms with Gasteiger partial charge in [-0.05, 0) is 30.5 Å². The fraction of sp³-hybridized carbons (Fsp3) is 0.429. The van der Waals surface area contributed by atoms with Crippen molar-refractivity contribution in [2.45, 2.75) is 31.7 Å². The molecular weight excluding hydrogens is 301 g/mol. The van der Waals surface area contributed by atoms with Gasteiger partial charge in [0.05, 0.1) is 0 Å². The minimum Gasteiger partial charge on any atom is -0.368 e. The van der Waals surface area contributed by atoms with Crippen molar-refractivity contribution in [2.75, 3.05) is 11.9 Å². The van der Waals surface area contributed by atoms with Crippen molar-refractivity contribution in [1.29, 1.82) is 0 Å². The summed E-state index contributed by atoms with van der Waals surface area (Å²) in [6, 6.07) is 5.75.